The number of nitrogens with zero attached hydrogens (tertiary/aromatic N) is 6. The minimum absolute atomic E-state index is 0.0199. The quantitative estimate of drug-likeness (QED) is 0.231. The number of carbonyl (C=O) groups excluding carboxylic acids is 1. The van der Waals surface area contributed by atoms with Gasteiger partial charge in [0.1, 0.15) is 17.3 Å². The monoisotopic (exact) mass is 592 g/mol. The van der Waals surface area contributed by atoms with Crippen molar-refractivity contribution in [1.29, 1.82) is 0 Å². The number of Topliss-reactive ketones (excluding diaryl/α,β-unsaturated/α-hetero) is 1. The van der Waals surface area contributed by atoms with Crippen LogP contribution < -0.4 is 9.47 Å². The average Bonchev–Trinajstić information content (AvgIpc) is 3.56. The SMILES string of the molecule is COc1cc(-c2nc(C3CC(N4CCN(C)CC4)C3)n3ccnc(C)c23)ccc1CC(=O)c1cc2c(OC)cccc2n1C. The molecule has 0 amide bonds. The van der Waals surface area contributed by atoms with Crippen molar-refractivity contribution < 1.29 is 14.3 Å². The zero-order valence-electron chi connectivity index (χ0n) is 26.2. The number of aromatic nitrogens is 4. The number of carbonyl (C=O) groups is 1. The number of hydrogen-bond acceptors (Lipinski definition) is 7. The number of fused-ring (bicyclic) bond motifs is 2. The fourth-order valence-corrected chi connectivity index (χ4v) is 7.07. The van der Waals surface area contributed by atoms with Crippen molar-refractivity contribution in [3.63, 3.8) is 0 Å². The molecule has 5 aromatic rings. The first kappa shape index (κ1) is 28.6. The molecule has 0 atom stereocenters. The van der Waals surface area contributed by atoms with E-state index in [0.717, 1.165) is 89.5 Å². The Morgan fingerprint density at radius 1 is 0.977 bits per heavy atom. The van der Waals surface area contributed by atoms with Gasteiger partial charge in [-0.1, -0.05) is 18.2 Å². The van der Waals surface area contributed by atoms with Crippen molar-refractivity contribution in [3.05, 3.63) is 77.6 Å². The summed E-state index contributed by atoms with van der Waals surface area (Å²) in [5.74, 6) is 2.98. The van der Waals surface area contributed by atoms with Crippen molar-refractivity contribution in [3.8, 4) is 22.8 Å². The number of hydrogen-bond donors (Lipinski definition) is 0. The Morgan fingerprint density at radius 2 is 1.75 bits per heavy atom. The number of likely N-dealkylation sites (N-methyl/N-ethyl adjacent to an activating group) is 1. The third kappa shape index (κ3) is 4.84. The molecule has 2 aromatic carbocycles. The normalized spacial score (nSPS) is 19.4. The lowest BCUT2D eigenvalue weighted by Gasteiger charge is -2.45. The van der Waals surface area contributed by atoms with Crippen LogP contribution in [-0.2, 0) is 13.5 Å². The van der Waals surface area contributed by atoms with Crippen molar-refractivity contribution in [2.24, 2.45) is 7.05 Å². The molecule has 3 aromatic heterocycles. The highest BCUT2D eigenvalue weighted by Crippen LogP contribution is 2.42. The third-order valence-corrected chi connectivity index (χ3v) is 9.76. The lowest BCUT2D eigenvalue weighted by Crippen LogP contribution is -2.52. The number of ketones is 1. The van der Waals surface area contributed by atoms with Crippen LogP contribution in [0.5, 0.6) is 11.5 Å². The Kier molecular flexibility index (Phi) is 7.38. The summed E-state index contributed by atoms with van der Waals surface area (Å²) in [6, 6.07) is 14.5. The first-order chi connectivity index (χ1) is 21.4. The van der Waals surface area contributed by atoms with Crippen LogP contribution >= 0.6 is 0 Å². The van der Waals surface area contributed by atoms with Crippen molar-refractivity contribution in [2.45, 2.75) is 38.1 Å². The van der Waals surface area contributed by atoms with Crippen LogP contribution in [0, 0.1) is 6.92 Å². The Balaban J connectivity index is 1.17. The Bertz CT molecular complexity index is 1860. The fourth-order valence-electron chi connectivity index (χ4n) is 7.07. The molecule has 1 aliphatic carbocycles. The van der Waals surface area contributed by atoms with E-state index in [-0.39, 0.29) is 12.2 Å². The van der Waals surface area contributed by atoms with Gasteiger partial charge in [-0.25, -0.2) is 4.98 Å². The van der Waals surface area contributed by atoms with E-state index in [9.17, 15) is 4.79 Å². The van der Waals surface area contributed by atoms with Gasteiger partial charge in [0, 0.05) is 80.5 Å². The fraction of sp³-hybridized carbons (Fsp3) is 0.400. The number of ether oxygens (including phenoxy) is 2. The average molecular weight is 593 g/mol. The number of piperazine rings is 1. The molecule has 0 unspecified atom stereocenters. The highest BCUT2D eigenvalue weighted by Gasteiger charge is 2.38. The first-order valence-corrected chi connectivity index (χ1v) is 15.4. The van der Waals surface area contributed by atoms with E-state index in [0.29, 0.717) is 23.4 Å². The molecule has 2 aliphatic rings. The minimum atomic E-state index is 0.0199. The summed E-state index contributed by atoms with van der Waals surface area (Å²) in [7, 11) is 7.43. The molecular formula is C35H40N6O3. The van der Waals surface area contributed by atoms with Gasteiger partial charge in [-0.15, -0.1) is 0 Å². The second-order valence-corrected chi connectivity index (χ2v) is 12.3. The molecule has 2 fully saturated rings. The van der Waals surface area contributed by atoms with Gasteiger partial charge in [-0.2, -0.15) is 0 Å². The molecule has 1 saturated carbocycles. The predicted molar refractivity (Wildman–Crippen MR) is 172 cm³/mol. The van der Waals surface area contributed by atoms with Gasteiger partial charge in [0.05, 0.1) is 42.3 Å². The van der Waals surface area contributed by atoms with E-state index in [2.05, 4.69) is 32.3 Å². The first-order valence-electron chi connectivity index (χ1n) is 15.4. The van der Waals surface area contributed by atoms with Crippen LogP contribution in [0.2, 0.25) is 0 Å². The number of rotatable bonds is 8. The number of methoxy groups -OCH3 is 2. The molecule has 0 radical (unpaired) electrons. The van der Waals surface area contributed by atoms with E-state index < -0.39 is 0 Å². The molecule has 228 valence electrons. The Morgan fingerprint density at radius 3 is 2.50 bits per heavy atom. The topological polar surface area (TPSA) is 77.1 Å². The van der Waals surface area contributed by atoms with E-state index in [1.54, 1.807) is 14.2 Å². The third-order valence-electron chi connectivity index (χ3n) is 9.76. The lowest BCUT2D eigenvalue weighted by molar-refractivity contribution is 0.0586. The smallest absolute Gasteiger partial charge is 0.183 e. The van der Waals surface area contributed by atoms with Crippen LogP contribution in [-0.4, -0.2) is 88.0 Å². The van der Waals surface area contributed by atoms with Gasteiger partial charge in [-0.05, 0) is 51.1 Å². The second-order valence-electron chi connectivity index (χ2n) is 12.3. The maximum Gasteiger partial charge on any atom is 0.183 e. The van der Waals surface area contributed by atoms with E-state index in [1.165, 1.54) is 0 Å². The zero-order valence-corrected chi connectivity index (χ0v) is 26.2. The molecule has 44 heavy (non-hydrogen) atoms. The lowest BCUT2D eigenvalue weighted by atomic mass is 9.78. The Hall–Kier alpha value is -4.21. The largest absolute Gasteiger partial charge is 0.496 e. The highest BCUT2D eigenvalue weighted by atomic mass is 16.5. The standard InChI is InChI=1S/C35H40N6O3/c1-22-34-33(37-35(41(34)12-11-36-22)25-17-26(18-25)40-15-13-38(2)14-16-40)24-10-9-23(32(20-24)44-5)19-30(42)29-21-27-28(39(29)3)7-6-8-31(27)43-4/h6-12,20-21,25-26H,13-19H2,1-5H3. The van der Waals surface area contributed by atoms with Crippen molar-refractivity contribution in [1.82, 2.24) is 28.7 Å². The van der Waals surface area contributed by atoms with Gasteiger partial charge in [0.15, 0.2) is 5.78 Å². The molecule has 0 spiro atoms. The van der Waals surface area contributed by atoms with Gasteiger partial charge in [0.25, 0.3) is 0 Å². The van der Waals surface area contributed by atoms with Crippen LogP contribution in [0.4, 0.5) is 0 Å². The molecule has 0 bridgehead atoms. The summed E-state index contributed by atoms with van der Waals surface area (Å²) in [4.78, 5) is 28.5. The molecule has 1 aliphatic heterocycles. The zero-order chi connectivity index (χ0) is 30.5. The summed E-state index contributed by atoms with van der Waals surface area (Å²) < 4.78 is 15.5. The van der Waals surface area contributed by atoms with E-state index >= 15 is 0 Å². The molecular weight excluding hydrogens is 552 g/mol. The van der Waals surface area contributed by atoms with Gasteiger partial charge in [0.2, 0.25) is 0 Å². The van der Waals surface area contributed by atoms with E-state index in [1.807, 2.05) is 67.3 Å². The van der Waals surface area contributed by atoms with Gasteiger partial charge >= 0.3 is 0 Å². The molecule has 1 saturated heterocycles. The summed E-state index contributed by atoms with van der Waals surface area (Å²) in [5.41, 5.74) is 6.28. The van der Waals surface area contributed by atoms with Crippen LogP contribution in [0.1, 0.15) is 46.3 Å². The highest BCUT2D eigenvalue weighted by molar-refractivity contribution is 6.02. The summed E-state index contributed by atoms with van der Waals surface area (Å²) in [6.45, 7) is 6.62. The maximum absolute atomic E-state index is 13.6. The van der Waals surface area contributed by atoms with Crippen LogP contribution in [0.25, 0.3) is 27.7 Å². The van der Waals surface area contributed by atoms with E-state index in [4.69, 9.17) is 14.5 Å². The van der Waals surface area contributed by atoms with Crippen LogP contribution in [0.3, 0.4) is 0 Å². The molecule has 9 nitrogen and oxygen atoms in total. The van der Waals surface area contributed by atoms with Crippen molar-refractivity contribution >= 4 is 22.2 Å². The number of imidazole rings is 1. The summed E-state index contributed by atoms with van der Waals surface area (Å²) >= 11 is 0. The minimum Gasteiger partial charge on any atom is -0.496 e. The molecule has 0 N–H and O–H groups in total. The number of benzene rings is 2. The Labute approximate surface area is 258 Å². The van der Waals surface area contributed by atoms with Crippen LogP contribution in [0.15, 0.2) is 54.9 Å². The summed E-state index contributed by atoms with van der Waals surface area (Å²) in [5, 5.41) is 0.927. The molecule has 9 heteroatoms. The second kappa shape index (κ2) is 11.4. The maximum atomic E-state index is 13.6. The summed E-state index contributed by atoms with van der Waals surface area (Å²) in [6.07, 6.45) is 6.40. The molecule has 4 heterocycles. The van der Waals surface area contributed by atoms with Gasteiger partial charge in [-0.3, -0.25) is 19.1 Å². The molecule has 7 rings (SSSR count). The number of aryl methyl sites for hydroxylation is 2. The van der Waals surface area contributed by atoms with Crippen molar-refractivity contribution in [2.75, 3.05) is 47.4 Å². The van der Waals surface area contributed by atoms with Gasteiger partial charge < -0.3 is 18.9 Å². The predicted octanol–water partition coefficient (Wildman–Crippen LogP) is 5.13.